The van der Waals surface area contributed by atoms with Crippen molar-refractivity contribution < 1.29 is 18.7 Å². The molecular weight excluding hydrogens is 210 g/mol. The van der Waals surface area contributed by atoms with Crippen molar-refractivity contribution in [2.75, 3.05) is 0 Å². The number of aromatic nitrogens is 3. The molecule has 0 aromatic carbocycles. The number of carboxylic acid groups (broad SMARTS) is 1. The quantitative estimate of drug-likeness (QED) is 0.704. The van der Waals surface area contributed by atoms with Crippen LogP contribution in [0.4, 0.5) is 13.6 Å². The molecule has 0 aliphatic rings. The van der Waals surface area contributed by atoms with Crippen molar-refractivity contribution in [3.63, 3.8) is 0 Å². The van der Waals surface area contributed by atoms with Crippen LogP contribution >= 0.6 is 0 Å². The molecule has 84 valence electrons. The summed E-state index contributed by atoms with van der Waals surface area (Å²) >= 11 is 0. The van der Waals surface area contributed by atoms with Crippen molar-refractivity contribution in [1.29, 1.82) is 0 Å². The molecule has 0 bridgehead atoms. The number of hydrogen-bond donors (Lipinski definition) is 3. The molecule has 1 aromatic rings. The Hall–Kier alpha value is -1.73. The predicted molar refractivity (Wildman–Crippen MR) is 45.5 cm³/mol. The van der Waals surface area contributed by atoms with Gasteiger partial charge in [0.05, 0.1) is 5.54 Å². The molecule has 15 heavy (non-hydrogen) atoms. The smallest absolute Gasteiger partial charge is 0.405 e. The zero-order valence-corrected chi connectivity index (χ0v) is 7.87. The fourth-order valence-electron chi connectivity index (χ4n) is 1.24. The first-order chi connectivity index (χ1) is 6.94. The Morgan fingerprint density at radius 2 is 2.47 bits per heavy atom. The van der Waals surface area contributed by atoms with E-state index in [9.17, 15) is 13.6 Å². The number of alkyl halides is 2. The topological polar surface area (TPSA) is 90.9 Å². The van der Waals surface area contributed by atoms with E-state index in [0.29, 0.717) is 0 Å². The fourth-order valence-corrected chi connectivity index (χ4v) is 1.24. The van der Waals surface area contributed by atoms with Crippen molar-refractivity contribution >= 4 is 6.09 Å². The van der Waals surface area contributed by atoms with Crippen LogP contribution in [0.15, 0.2) is 6.20 Å². The van der Waals surface area contributed by atoms with Crippen LogP contribution in [0, 0.1) is 0 Å². The third-order valence-electron chi connectivity index (χ3n) is 1.93. The van der Waals surface area contributed by atoms with Gasteiger partial charge in [0.15, 0.2) is 0 Å². The maximum atomic E-state index is 12.3. The summed E-state index contributed by atoms with van der Waals surface area (Å²) in [5, 5.41) is 19.8. The molecule has 0 aliphatic heterocycles. The molecule has 1 atom stereocenters. The number of carbonyl (C=O) groups is 1. The largest absolute Gasteiger partial charge is 0.465 e. The van der Waals surface area contributed by atoms with Crippen molar-refractivity contribution in [3.05, 3.63) is 11.9 Å². The summed E-state index contributed by atoms with van der Waals surface area (Å²) in [6.45, 7) is 1.32. The van der Waals surface area contributed by atoms with E-state index in [1.807, 2.05) is 5.32 Å². The molecule has 0 saturated heterocycles. The molecule has 1 aromatic heterocycles. The first-order valence-electron chi connectivity index (χ1n) is 4.10. The highest BCUT2D eigenvalue weighted by molar-refractivity contribution is 5.65. The van der Waals surface area contributed by atoms with E-state index in [2.05, 4.69) is 15.4 Å². The minimum atomic E-state index is -2.64. The van der Waals surface area contributed by atoms with Gasteiger partial charge in [0.25, 0.3) is 0 Å². The monoisotopic (exact) mass is 220 g/mol. The number of nitrogens with one attached hydrogen (secondary N) is 2. The van der Waals surface area contributed by atoms with Gasteiger partial charge in [0, 0.05) is 12.6 Å². The second-order valence-corrected chi connectivity index (χ2v) is 3.22. The summed E-state index contributed by atoms with van der Waals surface area (Å²) in [6, 6.07) is 0. The zero-order valence-electron chi connectivity index (χ0n) is 7.87. The van der Waals surface area contributed by atoms with Crippen LogP contribution < -0.4 is 5.32 Å². The molecule has 0 aliphatic carbocycles. The lowest BCUT2D eigenvalue weighted by atomic mass is 9.94. The van der Waals surface area contributed by atoms with Crippen LogP contribution in [0.1, 0.15) is 19.0 Å². The summed E-state index contributed by atoms with van der Waals surface area (Å²) in [4.78, 5) is 10.5. The number of amides is 1. The molecule has 0 spiro atoms. The lowest BCUT2D eigenvalue weighted by Crippen LogP contribution is -2.44. The average molecular weight is 220 g/mol. The maximum Gasteiger partial charge on any atom is 0.405 e. The Labute approximate surface area is 83.7 Å². The van der Waals surface area contributed by atoms with E-state index in [1.165, 1.54) is 13.1 Å². The number of rotatable bonds is 4. The van der Waals surface area contributed by atoms with Gasteiger partial charge in [-0.25, -0.2) is 13.6 Å². The van der Waals surface area contributed by atoms with Gasteiger partial charge < -0.3 is 10.4 Å². The molecule has 1 amide bonds. The third kappa shape index (κ3) is 2.86. The Balaban J connectivity index is 2.90. The number of H-pyrrole nitrogens is 1. The van der Waals surface area contributed by atoms with Crippen LogP contribution in [0.25, 0.3) is 0 Å². The first-order valence-corrected chi connectivity index (χ1v) is 4.10. The van der Waals surface area contributed by atoms with Gasteiger partial charge in [-0.15, -0.1) is 5.10 Å². The van der Waals surface area contributed by atoms with E-state index in [1.54, 1.807) is 0 Å². The van der Waals surface area contributed by atoms with E-state index < -0.39 is 24.5 Å². The van der Waals surface area contributed by atoms with Gasteiger partial charge in [-0.3, -0.25) is 5.10 Å². The molecular formula is C7H10F2N4O2. The van der Waals surface area contributed by atoms with E-state index in [-0.39, 0.29) is 5.69 Å². The number of aromatic amines is 1. The maximum absolute atomic E-state index is 12.3. The number of nitrogens with zero attached hydrogens (tertiary/aromatic N) is 2. The number of halogens is 2. The highest BCUT2D eigenvalue weighted by atomic mass is 19.3. The predicted octanol–water partition coefficient (Wildman–Crippen LogP) is 0.943. The summed E-state index contributed by atoms with van der Waals surface area (Å²) < 4.78 is 24.6. The molecule has 6 nitrogen and oxygen atoms in total. The Morgan fingerprint density at radius 3 is 2.87 bits per heavy atom. The molecule has 8 heteroatoms. The number of hydrogen-bond acceptors (Lipinski definition) is 3. The van der Waals surface area contributed by atoms with Crippen LogP contribution in [0.2, 0.25) is 0 Å². The molecule has 0 fully saturated rings. The highest BCUT2D eigenvalue weighted by Gasteiger charge is 2.34. The summed E-state index contributed by atoms with van der Waals surface area (Å²) in [5.74, 6) is 0. The van der Waals surface area contributed by atoms with E-state index in [0.717, 1.165) is 0 Å². The van der Waals surface area contributed by atoms with Crippen molar-refractivity contribution in [3.8, 4) is 0 Å². The second-order valence-electron chi connectivity index (χ2n) is 3.22. The van der Waals surface area contributed by atoms with Gasteiger partial charge in [-0.2, -0.15) is 0 Å². The summed E-state index contributed by atoms with van der Waals surface area (Å²) in [6.07, 6.45) is -3.41. The van der Waals surface area contributed by atoms with Gasteiger partial charge in [0.2, 0.25) is 6.43 Å². The zero-order chi connectivity index (χ0) is 11.5. The average Bonchev–Trinajstić information content (AvgIpc) is 2.51. The normalized spacial score (nSPS) is 14.9. The van der Waals surface area contributed by atoms with Crippen LogP contribution in [0.5, 0.6) is 0 Å². The van der Waals surface area contributed by atoms with Crippen LogP contribution in [0.3, 0.4) is 0 Å². The standard InChI is InChI=1S/C7H10F2N4O2/c1-7(2-5(8)9,11-6(14)15)4-3-10-13-12-4/h3,5,11H,2H2,1H3,(H,14,15)(H,10,12,13). The SMILES string of the molecule is CC(CC(F)F)(NC(=O)O)c1c[nH]nn1. The Kier molecular flexibility index (Phi) is 3.17. The highest BCUT2D eigenvalue weighted by Crippen LogP contribution is 2.25. The third-order valence-corrected chi connectivity index (χ3v) is 1.93. The molecule has 1 rings (SSSR count). The van der Waals surface area contributed by atoms with Gasteiger partial charge in [-0.1, -0.05) is 5.21 Å². The fraction of sp³-hybridized carbons (Fsp3) is 0.571. The summed E-state index contributed by atoms with van der Waals surface area (Å²) in [7, 11) is 0. The van der Waals surface area contributed by atoms with Crippen molar-refractivity contribution in [2.45, 2.75) is 25.3 Å². The Morgan fingerprint density at radius 1 is 1.80 bits per heavy atom. The van der Waals surface area contributed by atoms with Crippen LogP contribution in [-0.4, -0.2) is 33.0 Å². The second kappa shape index (κ2) is 4.20. The van der Waals surface area contributed by atoms with Gasteiger partial charge in [-0.05, 0) is 6.92 Å². The van der Waals surface area contributed by atoms with E-state index in [4.69, 9.17) is 5.11 Å². The van der Waals surface area contributed by atoms with E-state index >= 15 is 0 Å². The lowest BCUT2D eigenvalue weighted by molar-refractivity contribution is 0.0925. The molecule has 1 heterocycles. The first kappa shape index (κ1) is 11.3. The Bertz CT molecular complexity index is 330. The minimum Gasteiger partial charge on any atom is -0.465 e. The van der Waals surface area contributed by atoms with Gasteiger partial charge >= 0.3 is 6.09 Å². The minimum absolute atomic E-state index is 0.130. The summed E-state index contributed by atoms with van der Waals surface area (Å²) in [5.41, 5.74) is -1.31. The molecule has 0 radical (unpaired) electrons. The lowest BCUT2D eigenvalue weighted by Gasteiger charge is -2.26. The molecule has 1 unspecified atom stereocenters. The molecule has 3 N–H and O–H groups in total. The molecule has 0 saturated carbocycles. The van der Waals surface area contributed by atoms with Crippen LogP contribution in [-0.2, 0) is 5.54 Å². The van der Waals surface area contributed by atoms with Crippen molar-refractivity contribution in [2.24, 2.45) is 0 Å². The van der Waals surface area contributed by atoms with Crippen molar-refractivity contribution in [1.82, 2.24) is 20.7 Å². The van der Waals surface area contributed by atoms with Gasteiger partial charge in [0.1, 0.15) is 5.69 Å².